The number of anilines is 1. The number of amides is 6. The third kappa shape index (κ3) is 4.68. The molecule has 1 aromatic carbocycles. The number of rotatable bonds is 7. The zero-order valence-electron chi connectivity index (χ0n) is 19.0. The number of thiazole rings is 1. The SMILES string of the molecule is O=C1CCC(N2C(=O)c3ccc(CCCNC(=O)Nc4nc(C5CCC5)cs4)cc3C2=O)C(=O)N1. The molecule has 3 heterocycles. The number of benzene rings is 1. The Morgan fingerprint density at radius 2 is 1.91 bits per heavy atom. The summed E-state index contributed by atoms with van der Waals surface area (Å²) in [6.45, 7) is 0.430. The van der Waals surface area contributed by atoms with Crippen LogP contribution < -0.4 is 16.0 Å². The van der Waals surface area contributed by atoms with Crippen LogP contribution in [-0.4, -0.2) is 52.1 Å². The minimum Gasteiger partial charge on any atom is -0.338 e. The minimum atomic E-state index is -0.978. The minimum absolute atomic E-state index is 0.0832. The van der Waals surface area contributed by atoms with Gasteiger partial charge in [0.2, 0.25) is 11.8 Å². The number of imide groups is 2. The number of aromatic nitrogens is 1. The Hall–Kier alpha value is -3.60. The second-order valence-electron chi connectivity index (χ2n) is 9.02. The highest BCUT2D eigenvalue weighted by atomic mass is 32.1. The lowest BCUT2D eigenvalue weighted by molar-refractivity contribution is -0.136. The van der Waals surface area contributed by atoms with Gasteiger partial charge in [0.15, 0.2) is 5.13 Å². The van der Waals surface area contributed by atoms with Crippen molar-refractivity contribution in [1.29, 1.82) is 0 Å². The third-order valence-electron chi connectivity index (χ3n) is 6.70. The molecule has 1 aliphatic carbocycles. The summed E-state index contributed by atoms with van der Waals surface area (Å²) in [7, 11) is 0. The van der Waals surface area contributed by atoms with Gasteiger partial charge in [0.25, 0.3) is 11.8 Å². The monoisotopic (exact) mass is 495 g/mol. The molecule has 2 aromatic rings. The fourth-order valence-electron chi connectivity index (χ4n) is 4.54. The standard InChI is InChI=1S/C24H25N5O5S/c30-19-9-8-18(20(31)27-19)29-21(32)15-7-6-13(11-16(15)22(29)33)3-2-10-25-23(34)28-24-26-17(12-35-24)14-4-1-5-14/h6-7,11-12,14,18H,1-5,8-10H2,(H,27,30,31)(H2,25,26,28,34). The largest absolute Gasteiger partial charge is 0.338 e. The van der Waals surface area contributed by atoms with Gasteiger partial charge in [0, 0.05) is 24.3 Å². The smallest absolute Gasteiger partial charge is 0.321 e. The molecule has 1 saturated carbocycles. The summed E-state index contributed by atoms with van der Waals surface area (Å²) in [5.74, 6) is -1.55. The first-order chi connectivity index (χ1) is 16.9. The Balaban J connectivity index is 1.12. The number of urea groups is 1. The van der Waals surface area contributed by atoms with Gasteiger partial charge in [-0.3, -0.25) is 34.7 Å². The van der Waals surface area contributed by atoms with Gasteiger partial charge in [-0.1, -0.05) is 12.5 Å². The van der Waals surface area contributed by atoms with E-state index in [0.29, 0.717) is 30.4 Å². The third-order valence-corrected chi connectivity index (χ3v) is 7.47. The number of hydrogen-bond acceptors (Lipinski definition) is 7. The maximum absolute atomic E-state index is 12.9. The Labute approximate surface area is 205 Å². The summed E-state index contributed by atoms with van der Waals surface area (Å²) >= 11 is 1.43. The molecule has 35 heavy (non-hydrogen) atoms. The van der Waals surface area contributed by atoms with Gasteiger partial charge in [-0.05, 0) is 49.8 Å². The van der Waals surface area contributed by atoms with Crippen LogP contribution in [0, 0.1) is 0 Å². The van der Waals surface area contributed by atoms with Crippen LogP contribution in [0.2, 0.25) is 0 Å². The Kier molecular flexibility index (Phi) is 6.33. The van der Waals surface area contributed by atoms with Gasteiger partial charge in [0.05, 0.1) is 16.8 Å². The lowest BCUT2D eigenvalue weighted by Gasteiger charge is -2.27. The van der Waals surface area contributed by atoms with Crippen molar-refractivity contribution < 1.29 is 24.0 Å². The maximum atomic E-state index is 12.9. The topological polar surface area (TPSA) is 138 Å². The molecule has 1 aromatic heterocycles. The van der Waals surface area contributed by atoms with E-state index >= 15 is 0 Å². The highest BCUT2D eigenvalue weighted by Crippen LogP contribution is 2.37. The molecule has 3 aliphatic rings. The molecule has 5 rings (SSSR count). The molecular weight excluding hydrogens is 470 g/mol. The fraction of sp³-hybridized carbons (Fsp3) is 0.417. The number of nitrogens with zero attached hydrogens (tertiary/aromatic N) is 2. The Morgan fingerprint density at radius 1 is 1.11 bits per heavy atom. The van der Waals surface area contributed by atoms with E-state index in [1.54, 1.807) is 18.2 Å². The van der Waals surface area contributed by atoms with Crippen molar-refractivity contribution in [3.8, 4) is 0 Å². The van der Waals surface area contributed by atoms with Crippen LogP contribution in [-0.2, 0) is 16.0 Å². The fourth-order valence-corrected chi connectivity index (χ4v) is 5.33. The molecule has 3 N–H and O–H groups in total. The van der Waals surface area contributed by atoms with Crippen molar-refractivity contribution in [3.05, 3.63) is 46.0 Å². The first-order valence-electron chi connectivity index (χ1n) is 11.8. The van der Waals surface area contributed by atoms with Crippen molar-refractivity contribution in [2.45, 2.75) is 56.9 Å². The Morgan fingerprint density at radius 3 is 2.66 bits per heavy atom. The molecule has 2 aliphatic heterocycles. The predicted octanol–water partition coefficient (Wildman–Crippen LogP) is 2.57. The van der Waals surface area contributed by atoms with Crippen molar-refractivity contribution in [2.75, 3.05) is 11.9 Å². The second-order valence-corrected chi connectivity index (χ2v) is 9.88. The summed E-state index contributed by atoms with van der Waals surface area (Å²) < 4.78 is 0. The van der Waals surface area contributed by atoms with Crippen molar-refractivity contribution in [3.63, 3.8) is 0 Å². The van der Waals surface area contributed by atoms with Crippen molar-refractivity contribution in [2.24, 2.45) is 0 Å². The summed E-state index contributed by atoms with van der Waals surface area (Å²) in [6.07, 6.45) is 4.99. The molecule has 1 atom stereocenters. The molecule has 1 unspecified atom stereocenters. The molecule has 11 heteroatoms. The van der Waals surface area contributed by atoms with Crippen LogP contribution in [0.3, 0.4) is 0 Å². The molecule has 6 amide bonds. The van der Waals surface area contributed by atoms with Crippen LogP contribution in [0.1, 0.15) is 76.4 Å². The number of fused-ring (bicyclic) bond motifs is 1. The lowest BCUT2D eigenvalue weighted by Crippen LogP contribution is -2.54. The number of nitrogens with one attached hydrogen (secondary N) is 3. The summed E-state index contributed by atoms with van der Waals surface area (Å²) in [5, 5.41) is 10.4. The first kappa shape index (κ1) is 23.2. The van der Waals surface area contributed by atoms with E-state index in [4.69, 9.17) is 0 Å². The van der Waals surface area contributed by atoms with Gasteiger partial charge in [0.1, 0.15) is 6.04 Å². The first-order valence-corrected chi connectivity index (χ1v) is 12.6. The quantitative estimate of drug-likeness (QED) is 0.399. The van der Waals surface area contributed by atoms with E-state index in [-0.39, 0.29) is 30.0 Å². The molecular formula is C24H25N5O5S. The van der Waals surface area contributed by atoms with Crippen LogP contribution >= 0.6 is 11.3 Å². The lowest BCUT2D eigenvalue weighted by atomic mass is 9.83. The Bertz CT molecular complexity index is 1220. The normalized spacial score (nSPS) is 19.9. The van der Waals surface area contributed by atoms with Crippen molar-refractivity contribution >= 4 is 46.1 Å². The molecule has 2 fully saturated rings. The average molecular weight is 496 g/mol. The molecule has 0 bridgehead atoms. The van der Waals surface area contributed by atoms with E-state index < -0.39 is 29.7 Å². The van der Waals surface area contributed by atoms with Gasteiger partial charge in [-0.2, -0.15) is 0 Å². The zero-order chi connectivity index (χ0) is 24.5. The number of carbonyl (C=O) groups is 5. The number of aryl methyl sites for hydroxylation is 1. The van der Waals surface area contributed by atoms with E-state index in [2.05, 4.69) is 20.9 Å². The van der Waals surface area contributed by atoms with Crippen LogP contribution in [0.15, 0.2) is 23.6 Å². The van der Waals surface area contributed by atoms with Crippen LogP contribution in [0.5, 0.6) is 0 Å². The van der Waals surface area contributed by atoms with E-state index in [1.807, 2.05) is 5.38 Å². The highest BCUT2D eigenvalue weighted by Gasteiger charge is 2.44. The summed E-state index contributed by atoms with van der Waals surface area (Å²) in [4.78, 5) is 66.9. The molecule has 0 spiro atoms. The molecule has 182 valence electrons. The van der Waals surface area contributed by atoms with E-state index in [1.165, 1.54) is 17.8 Å². The number of hydrogen-bond donors (Lipinski definition) is 3. The van der Waals surface area contributed by atoms with Gasteiger partial charge >= 0.3 is 6.03 Å². The van der Waals surface area contributed by atoms with E-state index in [0.717, 1.165) is 29.0 Å². The molecule has 0 radical (unpaired) electrons. The van der Waals surface area contributed by atoms with Gasteiger partial charge in [-0.25, -0.2) is 9.78 Å². The zero-order valence-corrected chi connectivity index (χ0v) is 19.8. The summed E-state index contributed by atoms with van der Waals surface area (Å²) in [5.41, 5.74) is 2.42. The second kappa shape index (κ2) is 9.57. The molecule has 1 saturated heterocycles. The number of carbonyl (C=O) groups excluding carboxylic acids is 5. The number of piperidine rings is 1. The maximum Gasteiger partial charge on any atom is 0.321 e. The van der Waals surface area contributed by atoms with Crippen LogP contribution in [0.25, 0.3) is 0 Å². The predicted molar refractivity (Wildman–Crippen MR) is 127 cm³/mol. The molecule has 10 nitrogen and oxygen atoms in total. The van der Waals surface area contributed by atoms with E-state index in [9.17, 15) is 24.0 Å². The van der Waals surface area contributed by atoms with Gasteiger partial charge < -0.3 is 5.32 Å². The summed E-state index contributed by atoms with van der Waals surface area (Å²) in [6, 6.07) is 3.75. The highest BCUT2D eigenvalue weighted by molar-refractivity contribution is 7.13. The average Bonchev–Trinajstić information content (AvgIpc) is 3.33. The van der Waals surface area contributed by atoms with Crippen LogP contribution in [0.4, 0.5) is 9.93 Å². The van der Waals surface area contributed by atoms with Gasteiger partial charge in [-0.15, -0.1) is 11.3 Å². The van der Waals surface area contributed by atoms with Crippen molar-refractivity contribution in [1.82, 2.24) is 20.5 Å².